The molecule has 0 spiro atoms. The summed E-state index contributed by atoms with van der Waals surface area (Å²) in [6.45, 7) is 3.45. The molecule has 0 radical (unpaired) electrons. The van der Waals surface area contributed by atoms with Crippen LogP contribution in [0.5, 0.6) is 0 Å². The van der Waals surface area contributed by atoms with E-state index in [0.29, 0.717) is 39.8 Å². The highest BCUT2D eigenvalue weighted by atomic mass is 35.5. The summed E-state index contributed by atoms with van der Waals surface area (Å²) in [6.07, 6.45) is 2.44. The molecule has 9 heteroatoms. The van der Waals surface area contributed by atoms with Gasteiger partial charge in [-0.3, -0.25) is 4.79 Å². The maximum absolute atomic E-state index is 12.5. The summed E-state index contributed by atoms with van der Waals surface area (Å²) >= 11 is 12.2. The number of furan rings is 1. The summed E-state index contributed by atoms with van der Waals surface area (Å²) in [5.41, 5.74) is 0.416. The van der Waals surface area contributed by atoms with Crippen LogP contribution in [0.2, 0.25) is 10.0 Å². The number of amides is 1. The third-order valence-electron chi connectivity index (χ3n) is 3.84. The molecule has 7 nitrogen and oxygen atoms in total. The van der Waals surface area contributed by atoms with Crippen molar-refractivity contribution >= 4 is 34.8 Å². The molecule has 1 aromatic carbocycles. The second-order valence-corrected chi connectivity index (χ2v) is 6.79. The first-order valence-electron chi connectivity index (χ1n) is 8.50. The van der Waals surface area contributed by atoms with Crippen molar-refractivity contribution < 1.29 is 18.5 Å². The molecule has 1 unspecified atom stereocenters. The molecule has 2 N–H and O–H groups in total. The van der Waals surface area contributed by atoms with Gasteiger partial charge in [0.15, 0.2) is 18.8 Å². The molecule has 0 bridgehead atoms. The molecule has 0 aliphatic carbocycles. The van der Waals surface area contributed by atoms with E-state index < -0.39 is 0 Å². The van der Waals surface area contributed by atoms with Crippen LogP contribution in [0.3, 0.4) is 0 Å². The Hall–Kier alpha value is -2.35. The van der Waals surface area contributed by atoms with E-state index in [2.05, 4.69) is 15.5 Å². The van der Waals surface area contributed by atoms with Crippen LogP contribution in [0, 0.1) is 0 Å². The maximum Gasteiger partial charge on any atom is 0.283 e. The summed E-state index contributed by atoms with van der Waals surface area (Å²) in [5.74, 6) is 1.07. The van der Waals surface area contributed by atoms with Gasteiger partial charge in [0.05, 0.1) is 28.5 Å². The van der Waals surface area contributed by atoms with Crippen molar-refractivity contribution in [1.82, 2.24) is 10.2 Å². The van der Waals surface area contributed by atoms with Crippen molar-refractivity contribution in [3.8, 4) is 11.7 Å². The molecule has 2 heterocycles. The maximum atomic E-state index is 12.5. The predicted octanol–water partition coefficient (Wildman–Crippen LogP) is 3.07. The Kier molecular flexibility index (Phi) is 6.49. The van der Waals surface area contributed by atoms with Crippen LogP contribution in [0.4, 0.5) is 5.69 Å². The van der Waals surface area contributed by atoms with Gasteiger partial charge < -0.3 is 19.1 Å². The van der Waals surface area contributed by atoms with Crippen LogP contribution in [0.15, 0.2) is 45.4 Å². The third-order valence-corrected chi connectivity index (χ3v) is 4.47. The Balaban J connectivity index is 1.64. The molecule has 3 rings (SSSR count). The lowest BCUT2D eigenvalue weighted by Crippen LogP contribution is -3.11. The Morgan fingerprint density at radius 3 is 2.63 bits per heavy atom. The highest BCUT2D eigenvalue weighted by Gasteiger charge is 2.20. The number of hydrogen-bond donors (Lipinski definition) is 2. The molecular weight excluding hydrogens is 391 g/mol. The topological polar surface area (TPSA) is 85.6 Å². The summed E-state index contributed by atoms with van der Waals surface area (Å²) in [5, 5.41) is 11.6. The van der Waals surface area contributed by atoms with E-state index in [0.717, 1.165) is 17.9 Å². The van der Waals surface area contributed by atoms with Gasteiger partial charge in [0, 0.05) is 0 Å². The molecular formula is C18H19Cl2N4O3+. The van der Waals surface area contributed by atoms with Crippen molar-refractivity contribution in [2.24, 2.45) is 0 Å². The SMILES string of the molecule is CCC[NH+](CC(=O)Nc1c(Cl)cccc1Cl)Cc1nnc(-c2ccco2)o1. The number of nitrogens with one attached hydrogen (secondary N) is 2. The first-order valence-corrected chi connectivity index (χ1v) is 9.26. The zero-order valence-electron chi connectivity index (χ0n) is 14.7. The Morgan fingerprint density at radius 1 is 1.19 bits per heavy atom. The van der Waals surface area contributed by atoms with Crippen molar-refractivity contribution in [3.05, 3.63) is 52.5 Å². The van der Waals surface area contributed by atoms with Gasteiger partial charge in [0.1, 0.15) is 0 Å². The largest absolute Gasteiger partial charge is 0.459 e. The average Bonchev–Trinajstić information content (AvgIpc) is 3.30. The summed E-state index contributed by atoms with van der Waals surface area (Å²) < 4.78 is 10.9. The van der Waals surface area contributed by atoms with Gasteiger partial charge >= 0.3 is 0 Å². The second-order valence-electron chi connectivity index (χ2n) is 5.98. The van der Waals surface area contributed by atoms with E-state index in [4.69, 9.17) is 32.0 Å². The molecule has 2 aromatic heterocycles. The average molecular weight is 410 g/mol. The molecule has 0 aliphatic rings. The number of para-hydroxylation sites is 1. The minimum Gasteiger partial charge on any atom is -0.459 e. The number of anilines is 1. The molecule has 1 atom stereocenters. The van der Waals surface area contributed by atoms with Crippen LogP contribution in [-0.4, -0.2) is 29.2 Å². The summed E-state index contributed by atoms with van der Waals surface area (Å²) in [7, 11) is 0. The molecule has 27 heavy (non-hydrogen) atoms. The molecule has 3 aromatic rings. The molecule has 0 fully saturated rings. The zero-order chi connectivity index (χ0) is 19.2. The van der Waals surface area contributed by atoms with E-state index in [9.17, 15) is 4.79 Å². The van der Waals surface area contributed by atoms with Gasteiger partial charge in [-0.05, 0) is 30.7 Å². The second kappa shape index (κ2) is 9.03. The first kappa shape index (κ1) is 19.4. The normalized spacial score (nSPS) is 12.1. The Labute approximate surface area is 166 Å². The fourth-order valence-corrected chi connectivity index (χ4v) is 3.15. The fraction of sp³-hybridized carbons (Fsp3) is 0.278. The molecule has 142 valence electrons. The highest BCUT2D eigenvalue weighted by Crippen LogP contribution is 2.29. The molecule has 0 saturated heterocycles. The van der Waals surface area contributed by atoms with Crippen molar-refractivity contribution in [2.45, 2.75) is 19.9 Å². The minimum atomic E-state index is -0.195. The van der Waals surface area contributed by atoms with E-state index in [1.165, 1.54) is 6.26 Å². The zero-order valence-corrected chi connectivity index (χ0v) is 16.2. The van der Waals surface area contributed by atoms with Crippen LogP contribution < -0.4 is 10.2 Å². The number of aromatic nitrogens is 2. The smallest absolute Gasteiger partial charge is 0.283 e. The van der Waals surface area contributed by atoms with Crippen molar-refractivity contribution in [2.75, 3.05) is 18.4 Å². The van der Waals surface area contributed by atoms with Gasteiger partial charge in [-0.2, -0.15) is 0 Å². The van der Waals surface area contributed by atoms with Crippen LogP contribution in [0.1, 0.15) is 19.2 Å². The van der Waals surface area contributed by atoms with Crippen LogP contribution in [0.25, 0.3) is 11.7 Å². The van der Waals surface area contributed by atoms with Gasteiger partial charge in [0.2, 0.25) is 0 Å². The van der Waals surface area contributed by atoms with E-state index in [1.54, 1.807) is 30.3 Å². The third kappa shape index (κ3) is 5.09. The lowest BCUT2D eigenvalue weighted by atomic mass is 10.3. The fourth-order valence-electron chi connectivity index (χ4n) is 2.66. The van der Waals surface area contributed by atoms with Gasteiger partial charge in [-0.15, -0.1) is 10.2 Å². The van der Waals surface area contributed by atoms with Gasteiger partial charge in [-0.1, -0.05) is 36.2 Å². The summed E-state index contributed by atoms with van der Waals surface area (Å²) in [6, 6.07) is 8.57. The molecule has 0 saturated carbocycles. The lowest BCUT2D eigenvalue weighted by Gasteiger charge is -2.17. The van der Waals surface area contributed by atoms with E-state index in [1.807, 2.05) is 6.92 Å². The number of halogens is 2. The monoisotopic (exact) mass is 409 g/mol. The first-order chi connectivity index (χ1) is 13.1. The van der Waals surface area contributed by atoms with Crippen LogP contribution >= 0.6 is 23.2 Å². The number of hydrogen-bond acceptors (Lipinski definition) is 5. The van der Waals surface area contributed by atoms with Crippen molar-refractivity contribution in [3.63, 3.8) is 0 Å². The number of quaternary nitrogens is 1. The number of rotatable bonds is 8. The Bertz CT molecular complexity index is 876. The van der Waals surface area contributed by atoms with E-state index in [-0.39, 0.29) is 12.5 Å². The lowest BCUT2D eigenvalue weighted by molar-refractivity contribution is -0.907. The van der Waals surface area contributed by atoms with Crippen molar-refractivity contribution in [1.29, 1.82) is 0 Å². The predicted molar refractivity (Wildman–Crippen MR) is 102 cm³/mol. The molecule has 0 aliphatic heterocycles. The Morgan fingerprint density at radius 2 is 1.96 bits per heavy atom. The number of nitrogens with zero attached hydrogens (tertiary/aromatic N) is 2. The van der Waals surface area contributed by atoms with Gasteiger partial charge in [0.25, 0.3) is 17.7 Å². The number of carbonyl (C=O) groups is 1. The number of benzene rings is 1. The minimum absolute atomic E-state index is 0.195. The summed E-state index contributed by atoms with van der Waals surface area (Å²) in [4.78, 5) is 13.4. The van der Waals surface area contributed by atoms with E-state index >= 15 is 0 Å². The standard InChI is InChI=1S/C18H18Cl2N4O3/c1-2-8-24(10-15(25)21-17-12(19)5-3-6-13(17)20)11-16-22-23-18(27-16)14-7-4-9-26-14/h3-7,9H,2,8,10-11H2,1H3,(H,21,25)/p+1. The number of carbonyl (C=O) groups excluding carboxylic acids is 1. The quantitative estimate of drug-likeness (QED) is 0.596. The van der Waals surface area contributed by atoms with Gasteiger partial charge in [-0.25, -0.2) is 0 Å². The highest BCUT2D eigenvalue weighted by molar-refractivity contribution is 6.39. The molecule has 1 amide bonds. The van der Waals surface area contributed by atoms with Crippen LogP contribution in [-0.2, 0) is 11.3 Å².